The Kier molecular flexibility index (Phi) is 3.63. The van der Waals surface area contributed by atoms with Crippen molar-refractivity contribution < 1.29 is 0 Å². The van der Waals surface area contributed by atoms with E-state index in [2.05, 4.69) is 48.9 Å². The number of allylic oxidation sites excluding steroid dienone is 4. The fourth-order valence-electron chi connectivity index (χ4n) is 1.69. The molecule has 1 aromatic rings. The largest absolute Gasteiger partial charge is 0.126 e. The number of benzene rings is 1. The molecule has 0 saturated carbocycles. The lowest BCUT2D eigenvalue weighted by molar-refractivity contribution is 1.15. The minimum Gasteiger partial charge on any atom is -0.126 e. The average Bonchev–Trinajstić information content (AvgIpc) is 2.32. The number of aryl methyl sites for hydroxylation is 1. The molecule has 0 heterocycles. The second kappa shape index (κ2) is 5.18. The molecular weight excluding hydrogens is 204 g/mol. The maximum Gasteiger partial charge on any atom is 0.0263 e. The van der Waals surface area contributed by atoms with Crippen molar-refractivity contribution in [3.05, 3.63) is 60.0 Å². The molecule has 0 bridgehead atoms. The van der Waals surface area contributed by atoms with Crippen LogP contribution in [0.15, 0.2) is 42.5 Å². The summed E-state index contributed by atoms with van der Waals surface area (Å²) in [7, 11) is 0. The van der Waals surface area contributed by atoms with Gasteiger partial charge in [0.2, 0.25) is 0 Å². The van der Waals surface area contributed by atoms with Gasteiger partial charge < -0.3 is 0 Å². The van der Waals surface area contributed by atoms with Gasteiger partial charge in [0.1, 0.15) is 0 Å². The van der Waals surface area contributed by atoms with Crippen LogP contribution in [0.5, 0.6) is 0 Å². The van der Waals surface area contributed by atoms with Crippen molar-refractivity contribution in [3.63, 3.8) is 0 Å². The summed E-state index contributed by atoms with van der Waals surface area (Å²) in [6.45, 7) is 0. The minimum atomic E-state index is 0.690. The SMILES string of the molecule is ClCCc1ccc(C2=C[CH]CC=C2)cc1. The highest BCUT2D eigenvalue weighted by molar-refractivity contribution is 6.17. The summed E-state index contributed by atoms with van der Waals surface area (Å²) >= 11 is 5.70. The number of halogens is 1. The third-order valence-corrected chi connectivity index (χ3v) is 2.73. The monoisotopic (exact) mass is 217 g/mol. The maximum atomic E-state index is 5.70. The molecule has 1 heteroatoms. The first-order chi connectivity index (χ1) is 7.40. The molecule has 0 amide bonds. The molecule has 1 aromatic carbocycles. The van der Waals surface area contributed by atoms with Crippen LogP contribution in [0.2, 0.25) is 0 Å². The van der Waals surface area contributed by atoms with Crippen molar-refractivity contribution in [2.75, 3.05) is 5.88 Å². The van der Waals surface area contributed by atoms with Gasteiger partial charge in [-0.05, 0) is 36.0 Å². The van der Waals surface area contributed by atoms with Gasteiger partial charge in [-0.25, -0.2) is 0 Å². The summed E-state index contributed by atoms with van der Waals surface area (Å²) in [6.07, 6.45) is 10.7. The van der Waals surface area contributed by atoms with E-state index < -0.39 is 0 Å². The van der Waals surface area contributed by atoms with Gasteiger partial charge in [-0.3, -0.25) is 0 Å². The highest BCUT2D eigenvalue weighted by Gasteiger charge is 2.01. The highest BCUT2D eigenvalue weighted by atomic mass is 35.5. The van der Waals surface area contributed by atoms with Crippen molar-refractivity contribution in [2.24, 2.45) is 0 Å². The summed E-state index contributed by atoms with van der Waals surface area (Å²) in [6, 6.07) is 8.64. The Morgan fingerprint density at radius 3 is 2.53 bits per heavy atom. The standard InChI is InChI=1S/C14H14Cl/c15-11-10-12-6-8-14(9-7-12)13-4-2-1-3-5-13/h2-9H,1,10-11H2. The van der Waals surface area contributed by atoms with E-state index >= 15 is 0 Å². The molecule has 0 spiro atoms. The topological polar surface area (TPSA) is 0 Å². The Bertz CT molecular complexity index is 371. The number of hydrogen-bond donors (Lipinski definition) is 0. The van der Waals surface area contributed by atoms with E-state index in [4.69, 9.17) is 11.6 Å². The van der Waals surface area contributed by atoms with Crippen LogP contribution in [0.25, 0.3) is 5.57 Å². The average molecular weight is 218 g/mol. The molecule has 77 valence electrons. The summed E-state index contributed by atoms with van der Waals surface area (Å²) in [5, 5.41) is 0. The molecule has 0 unspecified atom stereocenters. The number of hydrogen-bond acceptors (Lipinski definition) is 0. The van der Waals surface area contributed by atoms with E-state index in [0.717, 1.165) is 12.8 Å². The molecule has 2 rings (SSSR count). The van der Waals surface area contributed by atoms with Gasteiger partial charge in [-0.1, -0.05) is 42.5 Å². The van der Waals surface area contributed by atoms with Crippen molar-refractivity contribution >= 4 is 17.2 Å². The molecule has 0 saturated heterocycles. The Morgan fingerprint density at radius 1 is 1.13 bits per heavy atom. The molecule has 0 fully saturated rings. The molecule has 0 aliphatic heterocycles. The smallest absolute Gasteiger partial charge is 0.0263 e. The predicted octanol–water partition coefficient (Wildman–Crippen LogP) is 4.02. The van der Waals surface area contributed by atoms with Crippen molar-refractivity contribution in [1.82, 2.24) is 0 Å². The Hall–Kier alpha value is -1.01. The van der Waals surface area contributed by atoms with Gasteiger partial charge in [0.25, 0.3) is 0 Å². The molecular formula is C14H14Cl. The van der Waals surface area contributed by atoms with Gasteiger partial charge >= 0.3 is 0 Å². The first kappa shape index (κ1) is 10.5. The zero-order chi connectivity index (χ0) is 10.5. The molecule has 0 N–H and O–H groups in total. The van der Waals surface area contributed by atoms with Crippen molar-refractivity contribution in [3.8, 4) is 0 Å². The third-order valence-electron chi connectivity index (χ3n) is 2.54. The van der Waals surface area contributed by atoms with Crippen molar-refractivity contribution in [2.45, 2.75) is 12.8 Å². The summed E-state index contributed by atoms with van der Waals surface area (Å²) < 4.78 is 0. The van der Waals surface area contributed by atoms with Gasteiger partial charge in [-0.15, -0.1) is 11.6 Å². The molecule has 0 aromatic heterocycles. The second-order valence-electron chi connectivity index (χ2n) is 3.63. The number of rotatable bonds is 3. The normalized spacial score (nSPS) is 15.1. The zero-order valence-corrected chi connectivity index (χ0v) is 9.37. The lowest BCUT2D eigenvalue weighted by Crippen LogP contribution is -1.89. The fraction of sp³-hybridized carbons (Fsp3) is 0.214. The van der Waals surface area contributed by atoms with Crippen LogP contribution < -0.4 is 0 Å². The van der Waals surface area contributed by atoms with Crippen LogP contribution in [-0.4, -0.2) is 5.88 Å². The Morgan fingerprint density at radius 2 is 1.93 bits per heavy atom. The van der Waals surface area contributed by atoms with Gasteiger partial charge in [0.05, 0.1) is 0 Å². The maximum absolute atomic E-state index is 5.70. The first-order valence-electron chi connectivity index (χ1n) is 5.25. The van der Waals surface area contributed by atoms with Crippen LogP contribution in [0.4, 0.5) is 0 Å². The van der Waals surface area contributed by atoms with Crippen LogP contribution in [0.1, 0.15) is 17.5 Å². The van der Waals surface area contributed by atoms with Crippen LogP contribution in [0.3, 0.4) is 0 Å². The summed E-state index contributed by atoms with van der Waals surface area (Å²) in [5.74, 6) is 0.690. The highest BCUT2D eigenvalue weighted by Crippen LogP contribution is 2.21. The van der Waals surface area contributed by atoms with Crippen LogP contribution in [-0.2, 0) is 6.42 Å². The van der Waals surface area contributed by atoms with E-state index in [9.17, 15) is 0 Å². The third kappa shape index (κ3) is 2.73. The second-order valence-corrected chi connectivity index (χ2v) is 4.01. The van der Waals surface area contributed by atoms with E-state index in [1.54, 1.807) is 0 Å². The molecule has 1 aliphatic rings. The molecule has 1 radical (unpaired) electrons. The van der Waals surface area contributed by atoms with Gasteiger partial charge in [-0.2, -0.15) is 0 Å². The van der Waals surface area contributed by atoms with E-state index in [1.165, 1.54) is 16.7 Å². The molecule has 1 aliphatic carbocycles. The quantitative estimate of drug-likeness (QED) is 0.671. The van der Waals surface area contributed by atoms with Crippen molar-refractivity contribution in [1.29, 1.82) is 0 Å². The van der Waals surface area contributed by atoms with E-state index in [1.807, 2.05) is 0 Å². The van der Waals surface area contributed by atoms with E-state index in [-0.39, 0.29) is 0 Å². The number of alkyl halides is 1. The fourth-order valence-corrected chi connectivity index (χ4v) is 1.91. The minimum absolute atomic E-state index is 0.690. The Balaban J connectivity index is 2.16. The van der Waals surface area contributed by atoms with Crippen LogP contribution >= 0.6 is 11.6 Å². The summed E-state index contributed by atoms with van der Waals surface area (Å²) in [5.41, 5.74) is 3.87. The molecule has 0 nitrogen and oxygen atoms in total. The molecule has 15 heavy (non-hydrogen) atoms. The predicted molar refractivity (Wildman–Crippen MR) is 66.9 cm³/mol. The first-order valence-corrected chi connectivity index (χ1v) is 5.79. The summed E-state index contributed by atoms with van der Waals surface area (Å²) in [4.78, 5) is 0. The van der Waals surface area contributed by atoms with Crippen LogP contribution in [0, 0.1) is 6.42 Å². The van der Waals surface area contributed by atoms with Gasteiger partial charge in [0.15, 0.2) is 0 Å². The molecule has 0 atom stereocenters. The van der Waals surface area contributed by atoms with Gasteiger partial charge in [0, 0.05) is 5.88 Å². The lowest BCUT2D eigenvalue weighted by atomic mass is 9.98. The van der Waals surface area contributed by atoms with E-state index in [0.29, 0.717) is 5.88 Å². The zero-order valence-electron chi connectivity index (χ0n) is 8.62. The Labute approximate surface area is 96.3 Å². The lowest BCUT2D eigenvalue weighted by Gasteiger charge is -2.07.